The predicted molar refractivity (Wildman–Crippen MR) is 99.3 cm³/mol. The van der Waals surface area contributed by atoms with Gasteiger partial charge in [0.1, 0.15) is 17.2 Å². The number of rotatable bonds is 2. The van der Waals surface area contributed by atoms with Crippen LogP contribution in [-0.2, 0) is 11.3 Å². The summed E-state index contributed by atoms with van der Waals surface area (Å²) in [5.74, 6) is 2.40. The zero-order valence-electron chi connectivity index (χ0n) is 14.8. The highest BCUT2D eigenvalue weighted by molar-refractivity contribution is 6.30. The highest BCUT2D eigenvalue weighted by Gasteiger charge is 2.52. The second kappa shape index (κ2) is 6.55. The number of fused-ring (bicyclic) bond motifs is 4. The lowest BCUT2D eigenvalue weighted by Crippen LogP contribution is -2.57. The molecule has 2 aromatic rings. The van der Waals surface area contributed by atoms with Crippen molar-refractivity contribution >= 4 is 11.6 Å². The molecule has 2 atom stereocenters. The van der Waals surface area contributed by atoms with Crippen LogP contribution in [0.15, 0.2) is 30.6 Å². The predicted octanol–water partition coefficient (Wildman–Crippen LogP) is 3.96. The Bertz CT molecular complexity index is 771. The third kappa shape index (κ3) is 2.82. The van der Waals surface area contributed by atoms with Gasteiger partial charge in [-0.3, -0.25) is 4.90 Å². The quantitative estimate of drug-likeness (QED) is 0.865. The van der Waals surface area contributed by atoms with Gasteiger partial charge in [0, 0.05) is 61.4 Å². The van der Waals surface area contributed by atoms with Crippen LogP contribution in [-0.4, -0.2) is 40.2 Å². The Morgan fingerprint density at radius 1 is 1.31 bits per heavy atom. The molecule has 0 amide bonds. The molecular weight excluding hydrogens is 350 g/mol. The van der Waals surface area contributed by atoms with Crippen LogP contribution in [0.5, 0.6) is 5.75 Å². The van der Waals surface area contributed by atoms with Crippen molar-refractivity contribution in [3.05, 3.63) is 47.0 Å². The van der Waals surface area contributed by atoms with Gasteiger partial charge in [0.05, 0.1) is 12.6 Å². The molecule has 3 aliphatic rings. The molecule has 5 rings (SSSR count). The topological polar surface area (TPSA) is 50.4 Å². The first-order valence-electron chi connectivity index (χ1n) is 9.54. The molecule has 4 heterocycles. The first-order chi connectivity index (χ1) is 12.7. The van der Waals surface area contributed by atoms with Crippen molar-refractivity contribution in [1.29, 1.82) is 0 Å². The molecule has 0 bridgehead atoms. The van der Waals surface area contributed by atoms with Crippen LogP contribution < -0.4 is 4.74 Å². The van der Waals surface area contributed by atoms with E-state index in [0.717, 1.165) is 74.1 Å². The maximum atomic E-state index is 6.68. The number of imidazole rings is 1. The molecule has 1 N–H and O–H groups in total. The van der Waals surface area contributed by atoms with Gasteiger partial charge >= 0.3 is 0 Å². The fourth-order valence-corrected chi connectivity index (χ4v) is 5.10. The molecular formula is C20H24ClN3O2. The number of hydrogen-bond acceptors (Lipinski definition) is 4. The molecule has 2 saturated heterocycles. The summed E-state index contributed by atoms with van der Waals surface area (Å²) in [5.41, 5.74) is 1.01. The molecule has 26 heavy (non-hydrogen) atoms. The van der Waals surface area contributed by atoms with E-state index < -0.39 is 0 Å². The van der Waals surface area contributed by atoms with Crippen molar-refractivity contribution < 1.29 is 9.47 Å². The van der Waals surface area contributed by atoms with E-state index >= 15 is 0 Å². The minimum atomic E-state index is -0.119. The van der Waals surface area contributed by atoms with Crippen LogP contribution in [0.25, 0.3) is 0 Å². The fourth-order valence-electron chi connectivity index (χ4n) is 4.91. The monoisotopic (exact) mass is 373 g/mol. The molecule has 5 nitrogen and oxygen atoms in total. The van der Waals surface area contributed by atoms with Crippen molar-refractivity contribution in [3.63, 3.8) is 0 Å². The third-order valence-electron chi connectivity index (χ3n) is 6.22. The van der Waals surface area contributed by atoms with Crippen molar-refractivity contribution in [2.75, 3.05) is 19.7 Å². The Morgan fingerprint density at radius 3 is 3.00 bits per heavy atom. The second-order valence-corrected chi connectivity index (χ2v) is 8.14. The Morgan fingerprint density at radius 2 is 2.19 bits per heavy atom. The number of hydrogen-bond donors (Lipinski definition) is 1. The summed E-state index contributed by atoms with van der Waals surface area (Å²) in [6.45, 7) is 3.74. The summed E-state index contributed by atoms with van der Waals surface area (Å²) in [7, 11) is 0. The van der Waals surface area contributed by atoms with Gasteiger partial charge in [0.15, 0.2) is 0 Å². The number of ether oxygens (including phenoxy) is 2. The smallest absolute Gasteiger partial charge is 0.126 e. The summed E-state index contributed by atoms with van der Waals surface area (Å²) < 4.78 is 12.9. The zero-order chi connectivity index (χ0) is 17.6. The second-order valence-electron chi connectivity index (χ2n) is 7.70. The van der Waals surface area contributed by atoms with Gasteiger partial charge < -0.3 is 14.5 Å². The van der Waals surface area contributed by atoms with Crippen molar-refractivity contribution in [3.8, 4) is 5.75 Å². The number of halogens is 1. The Kier molecular flexibility index (Phi) is 4.18. The van der Waals surface area contributed by atoms with Crippen molar-refractivity contribution in [2.24, 2.45) is 5.92 Å². The van der Waals surface area contributed by atoms with Crippen LogP contribution >= 0.6 is 11.6 Å². The van der Waals surface area contributed by atoms with E-state index in [1.165, 1.54) is 0 Å². The summed E-state index contributed by atoms with van der Waals surface area (Å²) in [6, 6.07) is 5.96. The molecule has 0 aliphatic carbocycles. The largest absolute Gasteiger partial charge is 0.486 e. The maximum Gasteiger partial charge on any atom is 0.126 e. The van der Waals surface area contributed by atoms with E-state index in [0.29, 0.717) is 5.92 Å². The van der Waals surface area contributed by atoms with E-state index in [2.05, 4.69) is 14.9 Å². The summed E-state index contributed by atoms with van der Waals surface area (Å²) >= 11 is 6.25. The van der Waals surface area contributed by atoms with E-state index in [4.69, 9.17) is 21.1 Å². The molecule has 2 fully saturated rings. The number of likely N-dealkylation sites (tertiary alicyclic amines) is 1. The van der Waals surface area contributed by atoms with Gasteiger partial charge in [0.25, 0.3) is 0 Å². The third-order valence-corrected chi connectivity index (χ3v) is 6.46. The first kappa shape index (κ1) is 16.6. The number of H-pyrrole nitrogens is 1. The molecule has 3 aliphatic heterocycles. The Hall–Kier alpha value is -1.56. The lowest BCUT2D eigenvalue weighted by Gasteiger charge is -2.53. The molecule has 0 saturated carbocycles. The molecule has 1 aromatic carbocycles. The minimum Gasteiger partial charge on any atom is -0.486 e. The number of nitrogens with one attached hydrogen (secondary N) is 1. The normalized spacial score (nSPS) is 27.6. The molecule has 0 unspecified atom stereocenters. The number of piperidine rings is 1. The Labute approximate surface area is 158 Å². The number of aromatic amines is 1. The van der Waals surface area contributed by atoms with Gasteiger partial charge in [0.2, 0.25) is 0 Å². The lowest BCUT2D eigenvalue weighted by molar-refractivity contribution is -0.150. The molecule has 6 heteroatoms. The summed E-state index contributed by atoms with van der Waals surface area (Å²) in [6.07, 6.45) is 8.14. The van der Waals surface area contributed by atoms with Gasteiger partial charge in [-0.15, -0.1) is 0 Å². The van der Waals surface area contributed by atoms with E-state index in [1.54, 1.807) is 0 Å². The Balaban J connectivity index is 1.39. The summed E-state index contributed by atoms with van der Waals surface area (Å²) in [5, 5.41) is 0.754. The van der Waals surface area contributed by atoms with Crippen LogP contribution in [0.2, 0.25) is 5.02 Å². The molecule has 1 aromatic heterocycles. The van der Waals surface area contributed by atoms with Crippen LogP contribution in [0, 0.1) is 5.92 Å². The number of aromatic nitrogens is 2. The lowest BCUT2D eigenvalue weighted by atomic mass is 9.70. The van der Waals surface area contributed by atoms with Gasteiger partial charge in [-0.25, -0.2) is 4.98 Å². The molecule has 138 valence electrons. The van der Waals surface area contributed by atoms with Crippen molar-refractivity contribution in [2.45, 2.75) is 43.9 Å². The van der Waals surface area contributed by atoms with Gasteiger partial charge in [-0.05, 0) is 31.0 Å². The number of nitrogens with zero attached hydrogens (tertiary/aromatic N) is 2. The average molecular weight is 374 g/mol. The minimum absolute atomic E-state index is 0.114. The fraction of sp³-hybridized carbons (Fsp3) is 0.550. The van der Waals surface area contributed by atoms with E-state index in [9.17, 15) is 0 Å². The highest BCUT2D eigenvalue weighted by Crippen LogP contribution is 2.53. The molecule has 0 radical (unpaired) electrons. The van der Waals surface area contributed by atoms with Gasteiger partial charge in [-0.2, -0.15) is 0 Å². The number of benzene rings is 1. The summed E-state index contributed by atoms with van der Waals surface area (Å²) in [4.78, 5) is 10.0. The zero-order valence-corrected chi connectivity index (χ0v) is 15.5. The first-order valence-corrected chi connectivity index (χ1v) is 9.92. The average Bonchev–Trinajstić information content (AvgIpc) is 3.18. The SMILES string of the molecule is Clc1ccc2c(c1)[C@H]1OCCC[C@@H]1C1(CCN(Cc3ncc[nH]3)CC1)O2. The standard InChI is InChI=1S/C20H24ClN3O2/c21-14-3-4-17-15(12-14)19-16(2-1-11-25-19)20(26-17)5-9-24(10-6-20)13-18-22-7-8-23-18/h3-4,7-8,12,16,19H,1-2,5-6,9-11,13H2,(H,22,23)/t16-,19+/m0/s1. The van der Waals surface area contributed by atoms with Crippen LogP contribution in [0.4, 0.5) is 0 Å². The van der Waals surface area contributed by atoms with E-state index in [1.807, 2.05) is 30.6 Å². The van der Waals surface area contributed by atoms with Crippen molar-refractivity contribution in [1.82, 2.24) is 14.9 Å². The molecule has 1 spiro atoms. The van der Waals surface area contributed by atoms with Gasteiger partial charge in [-0.1, -0.05) is 11.6 Å². The highest BCUT2D eigenvalue weighted by atomic mass is 35.5. The van der Waals surface area contributed by atoms with Crippen LogP contribution in [0.3, 0.4) is 0 Å². The van der Waals surface area contributed by atoms with Crippen LogP contribution in [0.1, 0.15) is 43.2 Å². The maximum absolute atomic E-state index is 6.68. The van der Waals surface area contributed by atoms with E-state index in [-0.39, 0.29) is 11.7 Å².